The van der Waals surface area contributed by atoms with Crippen LogP contribution in [0.4, 0.5) is 0 Å². The lowest BCUT2D eigenvalue weighted by Crippen LogP contribution is -2.18. The second-order valence-electron chi connectivity index (χ2n) is 7.12. The van der Waals surface area contributed by atoms with Crippen LogP contribution in [0.25, 0.3) is 12.2 Å². The fourth-order valence-corrected chi connectivity index (χ4v) is 3.24. The quantitative estimate of drug-likeness (QED) is 0.362. The molecule has 1 heterocycles. The lowest BCUT2D eigenvalue weighted by Gasteiger charge is -2.18. The van der Waals surface area contributed by atoms with Crippen molar-refractivity contribution < 1.29 is 28.5 Å². The molecule has 1 atom stereocenters. The highest BCUT2D eigenvalue weighted by Crippen LogP contribution is 2.39. The second kappa shape index (κ2) is 10.8. The normalized spacial score (nSPS) is 13.2. The van der Waals surface area contributed by atoms with Crippen LogP contribution in [0.5, 0.6) is 11.5 Å². The van der Waals surface area contributed by atoms with Crippen molar-refractivity contribution in [3.8, 4) is 11.5 Å². The van der Waals surface area contributed by atoms with E-state index in [1.54, 1.807) is 30.4 Å². The molecule has 166 valence electrons. The number of hydrogen-bond donors (Lipinski definition) is 0. The molecule has 6 nitrogen and oxygen atoms in total. The van der Waals surface area contributed by atoms with Crippen molar-refractivity contribution >= 4 is 24.1 Å². The molecule has 0 radical (unpaired) electrons. The van der Waals surface area contributed by atoms with E-state index in [4.69, 9.17) is 18.9 Å². The third-order valence-electron chi connectivity index (χ3n) is 4.83. The van der Waals surface area contributed by atoms with E-state index < -0.39 is 18.0 Å². The molecule has 1 aliphatic heterocycles. The molecule has 0 saturated heterocycles. The summed E-state index contributed by atoms with van der Waals surface area (Å²) in [6.07, 6.45) is 5.11. The van der Waals surface area contributed by atoms with Gasteiger partial charge >= 0.3 is 11.9 Å². The molecule has 1 aliphatic rings. The van der Waals surface area contributed by atoms with Crippen LogP contribution < -0.4 is 9.47 Å². The van der Waals surface area contributed by atoms with Gasteiger partial charge in [-0.05, 0) is 29.3 Å². The Morgan fingerprint density at radius 2 is 1.42 bits per heavy atom. The number of hydrogen-bond acceptors (Lipinski definition) is 6. The summed E-state index contributed by atoms with van der Waals surface area (Å²) in [5, 5.41) is 0. The van der Waals surface area contributed by atoms with Crippen LogP contribution in [0, 0.1) is 0 Å². The van der Waals surface area contributed by atoms with Gasteiger partial charge in [0.1, 0.15) is 6.61 Å². The van der Waals surface area contributed by atoms with Crippen LogP contribution in [0.2, 0.25) is 0 Å². The van der Waals surface area contributed by atoms with Gasteiger partial charge in [-0.3, -0.25) is 0 Å². The minimum atomic E-state index is -0.872. The molecule has 0 amide bonds. The van der Waals surface area contributed by atoms with Crippen LogP contribution in [-0.4, -0.2) is 25.3 Å². The van der Waals surface area contributed by atoms with Gasteiger partial charge in [0, 0.05) is 17.7 Å². The monoisotopic (exact) mass is 442 g/mol. The van der Waals surface area contributed by atoms with Crippen molar-refractivity contribution in [3.63, 3.8) is 0 Å². The second-order valence-corrected chi connectivity index (χ2v) is 7.12. The van der Waals surface area contributed by atoms with E-state index in [9.17, 15) is 9.59 Å². The molecule has 0 aliphatic carbocycles. The van der Waals surface area contributed by atoms with Crippen LogP contribution in [0.15, 0.2) is 91.0 Å². The average Bonchev–Trinajstić information content (AvgIpc) is 3.34. The maximum Gasteiger partial charge on any atom is 0.331 e. The van der Waals surface area contributed by atoms with Gasteiger partial charge in [0.25, 0.3) is 0 Å². The maximum atomic E-state index is 12.5. The summed E-state index contributed by atoms with van der Waals surface area (Å²) in [6, 6.07) is 24.1. The van der Waals surface area contributed by atoms with Crippen molar-refractivity contribution in [1.82, 2.24) is 0 Å². The maximum absolute atomic E-state index is 12.5. The number of carbonyl (C=O) groups excluding carboxylic acids is 2. The number of benzene rings is 3. The predicted octanol–water partition coefficient (Wildman–Crippen LogP) is 4.97. The highest BCUT2D eigenvalue weighted by molar-refractivity contribution is 5.88. The largest absolute Gasteiger partial charge is 0.458 e. The first-order chi connectivity index (χ1) is 16.2. The Kier molecular flexibility index (Phi) is 7.18. The zero-order valence-electron chi connectivity index (χ0n) is 17.8. The fraction of sp³-hybridized carbons (Fsp3) is 0.111. The number of esters is 2. The Morgan fingerprint density at radius 1 is 0.788 bits per heavy atom. The summed E-state index contributed by atoms with van der Waals surface area (Å²) in [6.45, 7) is -0.108. The Hall–Kier alpha value is -4.32. The number of fused-ring (bicyclic) bond motifs is 1. The van der Waals surface area contributed by atoms with Gasteiger partial charge in [-0.1, -0.05) is 72.8 Å². The number of rotatable bonds is 8. The fourth-order valence-electron chi connectivity index (χ4n) is 3.24. The van der Waals surface area contributed by atoms with E-state index in [0.717, 1.165) is 11.1 Å². The Balaban J connectivity index is 1.46. The summed E-state index contributed by atoms with van der Waals surface area (Å²) >= 11 is 0. The number of carbonyl (C=O) groups is 2. The SMILES string of the molecule is O=C(/C=C/c1ccccc1)OC[C@@H](OC(=O)/C=C/c1ccccc1)c1cccc2c1OCO2. The third-order valence-corrected chi connectivity index (χ3v) is 4.83. The van der Waals surface area contributed by atoms with Gasteiger partial charge in [0.15, 0.2) is 17.6 Å². The van der Waals surface area contributed by atoms with Gasteiger partial charge in [0.05, 0.1) is 0 Å². The molecule has 6 heteroatoms. The first-order valence-electron chi connectivity index (χ1n) is 10.4. The van der Waals surface area contributed by atoms with E-state index in [0.29, 0.717) is 17.1 Å². The highest BCUT2D eigenvalue weighted by atomic mass is 16.7. The molecule has 0 saturated carbocycles. The van der Waals surface area contributed by atoms with E-state index >= 15 is 0 Å². The molecular formula is C27H22O6. The van der Waals surface area contributed by atoms with Crippen molar-refractivity contribution in [2.24, 2.45) is 0 Å². The molecule has 0 bridgehead atoms. The minimum absolute atomic E-state index is 0.0700. The zero-order valence-corrected chi connectivity index (χ0v) is 17.8. The summed E-state index contributed by atoms with van der Waals surface area (Å²) < 4.78 is 22.0. The van der Waals surface area contributed by atoms with Gasteiger partial charge < -0.3 is 18.9 Å². The van der Waals surface area contributed by atoms with E-state index in [1.165, 1.54) is 12.2 Å². The van der Waals surface area contributed by atoms with Crippen LogP contribution in [-0.2, 0) is 19.1 Å². The zero-order chi connectivity index (χ0) is 22.9. The van der Waals surface area contributed by atoms with E-state index in [1.807, 2.05) is 60.7 Å². The van der Waals surface area contributed by atoms with E-state index in [2.05, 4.69) is 0 Å². The van der Waals surface area contributed by atoms with Gasteiger partial charge in [-0.15, -0.1) is 0 Å². The van der Waals surface area contributed by atoms with Gasteiger partial charge in [-0.25, -0.2) is 9.59 Å². The molecule has 33 heavy (non-hydrogen) atoms. The number of ether oxygens (including phenoxy) is 4. The molecule has 0 N–H and O–H groups in total. The lowest BCUT2D eigenvalue weighted by molar-refractivity contribution is -0.153. The van der Waals surface area contributed by atoms with Crippen molar-refractivity contribution in [2.75, 3.05) is 13.4 Å². The van der Waals surface area contributed by atoms with Crippen LogP contribution >= 0.6 is 0 Å². The third kappa shape index (κ3) is 6.11. The van der Waals surface area contributed by atoms with Gasteiger partial charge in [0.2, 0.25) is 6.79 Å². The summed E-state index contributed by atoms with van der Waals surface area (Å²) in [7, 11) is 0. The van der Waals surface area contributed by atoms with Crippen LogP contribution in [0.1, 0.15) is 22.8 Å². The number of para-hydroxylation sites is 1. The average molecular weight is 442 g/mol. The molecule has 3 aromatic rings. The molecule has 3 aromatic carbocycles. The topological polar surface area (TPSA) is 71.1 Å². The van der Waals surface area contributed by atoms with E-state index in [-0.39, 0.29) is 13.4 Å². The molecule has 0 unspecified atom stereocenters. The summed E-state index contributed by atoms with van der Waals surface area (Å²) in [4.78, 5) is 24.8. The minimum Gasteiger partial charge on any atom is -0.458 e. The highest BCUT2D eigenvalue weighted by Gasteiger charge is 2.26. The smallest absolute Gasteiger partial charge is 0.331 e. The van der Waals surface area contributed by atoms with Crippen LogP contribution in [0.3, 0.4) is 0 Å². The van der Waals surface area contributed by atoms with Crippen molar-refractivity contribution in [3.05, 3.63) is 108 Å². The Bertz CT molecular complexity index is 1150. The Morgan fingerprint density at radius 3 is 2.09 bits per heavy atom. The molecule has 0 fully saturated rings. The van der Waals surface area contributed by atoms with Gasteiger partial charge in [-0.2, -0.15) is 0 Å². The molecule has 4 rings (SSSR count). The first kappa shape index (κ1) is 21.9. The van der Waals surface area contributed by atoms with Crippen molar-refractivity contribution in [1.29, 1.82) is 0 Å². The molecular weight excluding hydrogens is 420 g/mol. The Labute approximate surface area is 191 Å². The lowest BCUT2D eigenvalue weighted by atomic mass is 10.1. The summed E-state index contributed by atoms with van der Waals surface area (Å²) in [5.74, 6) is -0.109. The molecule has 0 aromatic heterocycles. The standard InChI is InChI=1S/C27H22O6/c28-25(16-14-20-8-3-1-4-9-20)30-18-24(22-12-7-13-23-27(22)32-19-31-23)33-26(29)17-15-21-10-5-2-6-11-21/h1-17,24H,18-19H2/b16-14+,17-15+/t24-/m1/s1. The van der Waals surface area contributed by atoms with Crippen molar-refractivity contribution in [2.45, 2.75) is 6.10 Å². The predicted molar refractivity (Wildman–Crippen MR) is 123 cm³/mol. The summed E-state index contributed by atoms with van der Waals surface area (Å²) in [5.41, 5.74) is 2.29. The first-order valence-corrected chi connectivity index (χ1v) is 10.4. The molecule has 0 spiro atoms.